The fraction of sp³-hybridized carbons (Fsp3) is 0.0882. The zero-order valence-electron chi connectivity index (χ0n) is 60.9. The minimum atomic E-state index is -0.0635. The van der Waals surface area contributed by atoms with E-state index < -0.39 is 0 Å². The van der Waals surface area contributed by atoms with Crippen molar-refractivity contribution in [3.8, 4) is 118 Å². The molecule has 0 saturated carbocycles. The van der Waals surface area contributed by atoms with Gasteiger partial charge in [-0.2, -0.15) is 0 Å². The maximum absolute atomic E-state index is 5.43. The molecular weight excluding hydrogens is 1310 g/mol. The van der Waals surface area contributed by atoms with Gasteiger partial charge >= 0.3 is 0 Å². The first-order chi connectivity index (χ1) is 52.8. The summed E-state index contributed by atoms with van der Waals surface area (Å²) in [5.41, 5.74) is 35.8. The molecule has 0 radical (unpaired) electrons. The van der Waals surface area contributed by atoms with E-state index in [1.807, 2.05) is 0 Å². The van der Waals surface area contributed by atoms with Crippen LogP contribution < -0.4 is 0 Å². The Morgan fingerprint density at radius 3 is 0.704 bits per heavy atom. The Morgan fingerprint density at radius 1 is 0.185 bits per heavy atom. The minimum absolute atomic E-state index is 0.0635. The van der Waals surface area contributed by atoms with Crippen LogP contribution in [0.15, 0.2) is 328 Å². The number of aromatic nitrogens is 6. The zero-order chi connectivity index (χ0) is 72.1. The van der Waals surface area contributed by atoms with Crippen molar-refractivity contribution in [2.24, 2.45) is 0 Å². The van der Waals surface area contributed by atoms with Crippen molar-refractivity contribution >= 4 is 65.4 Å². The van der Waals surface area contributed by atoms with Crippen molar-refractivity contribution in [2.45, 2.75) is 57.8 Å². The second-order valence-electron chi connectivity index (χ2n) is 31.5. The van der Waals surface area contributed by atoms with Crippen LogP contribution in [-0.2, 0) is 16.2 Å². The van der Waals surface area contributed by atoms with Crippen LogP contribution in [0.1, 0.15) is 74.9 Å². The summed E-state index contributed by atoms with van der Waals surface area (Å²) >= 11 is 0. The highest BCUT2D eigenvalue weighted by atomic mass is 15.0. The fourth-order valence-electron chi connectivity index (χ4n) is 19.0. The van der Waals surface area contributed by atoms with E-state index in [2.05, 4.69) is 383 Å². The van der Waals surface area contributed by atoms with Gasteiger partial charge in [-0.05, 0) is 228 Å². The van der Waals surface area contributed by atoms with Gasteiger partial charge in [0.25, 0.3) is 0 Å². The summed E-state index contributed by atoms with van der Waals surface area (Å²) in [6.07, 6.45) is 0. The van der Waals surface area contributed by atoms with E-state index in [0.717, 1.165) is 66.9 Å². The first kappa shape index (κ1) is 62.1. The van der Waals surface area contributed by atoms with Crippen LogP contribution >= 0.6 is 0 Å². The van der Waals surface area contributed by atoms with Gasteiger partial charge < -0.3 is 13.7 Å². The highest BCUT2D eigenvalue weighted by molar-refractivity contribution is 6.13. The van der Waals surface area contributed by atoms with E-state index in [-0.39, 0.29) is 16.2 Å². The molecular formula is C102H72N6. The number of fused-ring (bicyclic) bond motifs is 18. The number of rotatable bonds is 9. The summed E-state index contributed by atoms with van der Waals surface area (Å²) in [7, 11) is 0. The maximum Gasteiger partial charge on any atom is 0.164 e. The first-order valence-corrected chi connectivity index (χ1v) is 37.7. The topological polar surface area (TPSA) is 53.5 Å². The molecule has 0 spiro atoms. The predicted molar refractivity (Wildman–Crippen MR) is 448 cm³/mol. The Hall–Kier alpha value is -13.3. The summed E-state index contributed by atoms with van der Waals surface area (Å²) in [6.45, 7) is 14.1. The molecule has 108 heavy (non-hydrogen) atoms. The van der Waals surface area contributed by atoms with E-state index in [1.54, 1.807) is 0 Å². The number of nitrogens with zero attached hydrogens (tertiary/aromatic N) is 6. The molecule has 0 bridgehead atoms. The maximum atomic E-state index is 5.43. The van der Waals surface area contributed by atoms with E-state index in [1.165, 1.54) is 132 Å². The third-order valence-electron chi connectivity index (χ3n) is 24.6. The smallest absolute Gasteiger partial charge is 0.164 e. The second kappa shape index (κ2) is 22.9. The monoisotopic (exact) mass is 1380 g/mol. The van der Waals surface area contributed by atoms with E-state index in [0.29, 0.717) is 17.5 Å². The fourth-order valence-corrected chi connectivity index (χ4v) is 19.0. The molecule has 15 aromatic carbocycles. The van der Waals surface area contributed by atoms with Crippen LogP contribution in [0.4, 0.5) is 0 Å². The van der Waals surface area contributed by atoms with E-state index >= 15 is 0 Å². The van der Waals surface area contributed by atoms with Gasteiger partial charge in [0.05, 0.1) is 33.1 Å². The lowest BCUT2D eigenvalue weighted by molar-refractivity contribution is 0.660. The highest BCUT2D eigenvalue weighted by Crippen LogP contribution is 2.54. The normalized spacial score (nSPS) is 14.1. The van der Waals surface area contributed by atoms with Gasteiger partial charge in [-0.15, -0.1) is 0 Å². The molecule has 3 aliphatic rings. The second-order valence-corrected chi connectivity index (χ2v) is 31.5. The van der Waals surface area contributed by atoms with Crippen LogP contribution in [-0.4, -0.2) is 28.7 Å². The Bertz CT molecular complexity index is 6370. The van der Waals surface area contributed by atoms with E-state index in [4.69, 9.17) is 15.0 Å². The summed E-state index contributed by atoms with van der Waals surface area (Å²) in [5, 5.41) is 7.24. The minimum Gasteiger partial charge on any atom is -0.309 e. The van der Waals surface area contributed by atoms with Gasteiger partial charge in [0.1, 0.15) is 0 Å². The van der Waals surface area contributed by atoms with E-state index in [9.17, 15) is 0 Å². The van der Waals surface area contributed by atoms with Crippen LogP contribution in [0, 0.1) is 0 Å². The Balaban J connectivity index is 0.656. The first-order valence-electron chi connectivity index (χ1n) is 37.7. The molecule has 0 saturated heterocycles. The summed E-state index contributed by atoms with van der Waals surface area (Å²) in [6, 6.07) is 121. The van der Waals surface area contributed by atoms with Crippen molar-refractivity contribution in [3.63, 3.8) is 0 Å². The lowest BCUT2D eigenvalue weighted by Gasteiger charge is -2.21. The number of para-hydroxylation sites is 3. The Kier molecular flexibility index (Phi) is 13.1. The average Bonchev–Trinajstić information content (AvgIpc) is 1.59. The molecule has 0 aliphatic heterocycles. The van der Waals surface area contributed by atoms with Crippen LogP contribution in [0.2, 0.25) is 0 Å². The molecule has 0 N–H and O–H groups in total. The molecule has 22 rings (SSSR count). The Labute approximate surface area is 626 Å². The molecule has 3 aliphatic carbocycles. The lowest BCUT2D eigenvalue weighted by Crippen LogP contribution is -2.14. The quantitative estimate of drug-likeness (QED) is 0.145. The average molecular weight is 1380 g/mol. The lowest BCUT2D eigenvalue weighted by atomic mass is 9.82. The largest absolute Gasteiger partial charge is 0.309 e. The molecule has 0 atom stereocenters. The zero-order valence-corrected chi connectivity index (χ0v) is 60.9. The van der Waals surface area contributed by atoms with Crippen molar-refractivity contribution in [1.82, 2.24) is 28.7 Å². The Morgan fingerprint density at radius 2 is 0.407 bits per heavy atom. The van der Waals surface area contributed by atoms with Crippen molar-refractivity contribution in [1.29, 1.82) is 0 Å². The van der Waals surface area contributed by atoms with Gasteiger partial charge in [0.15, 0.2) is 17.5 Å². The van der Waals surface area contributed by atoms with Gasteiger partial charge in [-0.3, -0.25) is 0 Å². The third kappa shape index (κ3) is 9.10. The van der Waals surface area contributed by atoms with Crippen molar-refractivity contribution in [2.75, 3.05) is 0 Å². The van der Waals surface area contributed by atoms with Crippen LogP contribution in [0.3, 0.4) is 0 Å². The highest BCUT2D eigenvalue weighted by Gasteiger charge is 2.38. The third-order valence-corrected chi connectivity index (χ3v) is 24.6. The van der Waals surface area contributed by atoms with Gasteiger partial charge in [-0.25, -0.2) is 15.0 Å². The molecule has 510 valence electrons. The van der Waals surface area contributed by atoms with Gasteiger partial charge in [0, 0.05) is 82.3 Å². The van der Waals surface area contributed by atoms with Crippen LogP contribution in [0.25, 0.3) is 183 Å². The van der Waals surface area contributed by atoms with Crippen molar-refractivity contribution in [3.05, 3.63) is 361 Å². The molecule has 4 aromatic heterocycles. The molecule has 19 aromatic rings. The number of hydrogen-bond acceptors (Lipinski definition) is 3. The standard InChI is InChI=1S/C102H72N6/c1-100(2)85-25-13-7-19-73(85)82-55-64(40-52-88(82)100)67-37-49-79-76-22-10-16-28-91(76)106(94(79)58-67)70-43-31-61(32-44-70)97-103-98(62-33-45-71(46-34-62)107-92-29-17-11-23-77(92)80-50-38-68(59-95(80)107)65-41-53-89-83(56-65)74-20-8-14-26-86(74)101(89,3)4)105-99(104-97)63-35-47-72(48-36-63)108-93-30-18-12-24-78(93)81-51-39-69(60-96(81)108)66-42-54-90-84(57-66)75-21-9-15-27-87(75)102(90,5)6/h7-60H,1-6H3. The molecule has 0 unspecified atom stereocenters. The van der Waals surface area contributed by atoms with Gasteiger partial charge in [0.2, 0.25) is 0 Å². The summed E-state index contributed by atoms with van der Waals surface area (Å²) in [4.78, 5) is 16.3. The van der Waals surface area contributed by atoms with Crippen molar-refractivity contribution < 1.29 is 0 Å². The van der Waals surface area contributed by atoms with Crippen LogP contribution in [0.5, 0.6) is 0 Å². The molecule has 6 heteroatoms. The molecule has 0 amide bonds. The summed E-state index contributed by atoms with van der Waals surface area (Å²) in [5.74, 6) is 1.76. The molecule has 4 heterocycles. The molecule has 0 fully saturated rings. The molecule has 6 nitrogen and oxygen atoms in total. The summed E-state index contributed by atoms with van der Waals surface area (Å²) < 4.78 is 7.23. The SMILES string of the molecule is CC1(C)c2ccccc2-c2cc(-c3ccc4c5ccccc5n(-c5ccc(-c6nc(-c7ccc(-n8c9ccccc9c9ccc(-c%10ccc%11c(c%10)-c%10ccccc%10C%11(C)C)cc98)cc7)nc(-c7ccc(-n8c9ccccc9c9ccc(-c%10ccc%11c(c%10)-c%10ccccc%10C%11(C)C)cc98)cc7)n6)cc5)c4c3)ccc21. The predicted octanol–water partition coefficient (Wildman–Crippen LogP) is 26.1. The number of benzene rings is 15. The number of hydrogen-bond donors (Lipinski definition) is 0. The van der Waals surface area contributed by atoms with Gasteiger partial charge in [-0.1, -0.05) is 242 Å².